The number of fused-ring (bicyclic) bond motifs is 1. The molecule has 0 aliphatic carbocycles. The summed E-state index contributed by atoms with van der Waals surface area (Å²) >= 11 is 0. The third kappa shape index (κ3) is 5.12. The lowest BCUT2D eigenvalue weighted by Crippen LogP contribution is -1.92. The summed E-state index contributed by atoms with van der Waals surface area (Å²) in [6.07, 6.45) is 4.32. The summed E-state index contributed by atoms with van der Waals surface area (Å²) in [5.41, 5.74) is 2.51. The largest absolute Gasteiger partial charge is 0.298 e. The molecule has 0 N–H and O–H groups in total. The number of hydrogen-bond acceptors (Lipinski definition) is 2. The molecule has 0 spiro atoms. The third-order valence-electron chi connectivity index (χ3n) is 4.24. The van der Waals surface area contributed by atoms with Gasteiger partial charge in [0.05, 0.1) is 0 Å². The molecule has 0 saturated heterocycles. The molecular weight excluding hydrogens is 344 g/mol. The van der Waals surface area contributed by atoms with E-state index in [1.54, 1.807) is 6.08 Å². The Bertz CT molecular complexity index is 1080. The Kier molecular flexibility index (Phi) is 6.64. The zero-order chi connectivity index (χ0) is 19.6. The minimum atomic E-state index is 0.0319. The molecular formula is C26H20O2. The van der Waals surface area contributed by atoms with Gasteiger partial charge >= 0.3 is 0 Å². The summed E-state index contributed by atoms with van der Waals surface area (Å²) in [5.74, 6) is 0.0319. The Morgan fingerprint density at radius 1 is 0.643 bits per heavy atom. The number of rotatable bonds is 4. The zero-order valence-electron chi connectivity index (χ0n) is 15.4. The first-order valence-corrected chi connectivity index (χ1v) is 9.03. The lowest BCUT2D eigenvalue weighted by atomic mass is 10.1. The van der Waals surface area contributed by atoms with E-state index in [0.29, 0.717) is 0 Å². The molecule has 0 atom stereocenters. The SMILES string of the molecule is O=C(C=Cc1ccccc1)c1ccccc1.O=Cc1cccc2ccccc12. The van der Waals surface area contributed by atoms with Crippen molar-refractivity contribution in [3.63, 3.8) is 0 Å². The molecule has 0 aliphatic rings. The molecule has 0 fully saturated rings. The van der Waals surface area contributed by atoms with Gasteiger partial charge in [0, 0.05) is 11.1 Å². The van der Waals surface area contributed by atoms with Gasteiger partial charge in [0.15, 0.2) is 12.1 Å². The highest BCUT2D eigenvalue weighted by atomic mass is 16.1. The Labute approximate surface area is 164 Å². The van der Waals surface area contributed by atoms with Gasteiger partial charge in [-0.3, -0.25) is 9.59 Å². The minimum Gasteiger partial charge on any atom is -0.298 e. The van der Waals surface area contributed by atoms with Crippen molar-refractivity contribution in [3.8, 4) is 0 Å². The molecule has 0 bridgehead atoms. The van der Waals surface area contributed by atoms with Crippen molar-refractivity contribution in [2.75, 3.05) is 0 Å². The summed E-state index contributed by atoms with van der Waals surface area (Å²) in [4.78, 5) is 22.4. The topological polar surface area (TPSA) is 34.1 Å². The van der Waals surface area contributed by atoms with Crippen molar-refractivity contribution in [2.24, 2.45) is 0 Å². The monoisotopic (exact) mass is 364 g/mol. The average molecular weight is 364 g/mol. The maximum Gasteiger partial charge on any atom is 0.185 e. The fourth-order valence-corrected chi connectivity index (χ4v) is 2.79. The van der Waals surface area contributed by atoms with Crippen LogP contribution in [0.25, 0.3) is 16.8 Å². The summed E-state index contributed by atoms with van der Waals surface area (Å²) in [7, 11) is 0. The van der Waals surface area contributed by atoms with E-state index >= 15 is 0 Å². The summed E-state index contributed by atoms with van der Waals surface area (Å²) in [5, 5.41) is 2.14. The summed E-state index contributed by atoms with van der Waals surface area (Å²) in [6, 6.07) is 32.6. The van der Waals surface area contributed by atoms with Gasteiger partial charge in [-0.15, -0.1) is 0 Å². The van der Waals surface area contributed by atoms with E-state index in [2.05, 4.69) is 0 Å². The van der Waals surface area contributed by atoms with Crippen LogP contribution in [0.5, 0.6) is 0 Å². The molecule has 4 rings (SSSR count). The lowest BCUT2D eigenvalue weighted by Gasteiger charge is -1.98. The molecule has 0 aliphatic heterocycles. The Morgan fingerprint density at radius 2 is 1.25 bits per heavy atom. The van der Waals surface area contributed by atoms with E-state index in [0.717, 1.165) is 33.7 Å². The molecule has 4 aromatic carbocycles. The maximum atomic E-state index is 11.7. The first-order chi connectivity index (χ1) is 13.8. The van der Waals surface area contributed by atoms with E-state index in [-0.39, 0.29) is 5.78 Å². The average Bonchev–Trinajstić information content (AvgIpc) is 2.79. The normalized spacial score (nSPS) is 10.3. The number of benzene rings is 4. The van der Waals surface area contributed by atoms with Crippen LogP contribution in [-0.4, -0.2) is 12.1 Å². The highest BCUT2D eigenvalue weighted by Gasteiger charge is 1.98. The van der Waals surface area contributed by atoms with Gasteiger partial charge in [0.25, 0.3) is 0 Å². The van der Waals surface area contributed by atoms with Crippen molar-refractivity contribution in [3.05, 3.63) is 126 Å². The van der Waals surface area contributed by atoms with Crippen LogP contribution in [0, 0.1) is 0 Å². The standard InChI is InChI=1S/C15H12O.C11H8O/c16-15(14-9-5-2-6-10-14)12-11-13-7-3-1-4-8-13;12-8-10-6-3-5-9-4-1-2-7-11(9)10/h1-12H;1-8H. The van der Waals surface area contributed by atoms with E-state index in [1.165, 1.54) is 0 Å². The maximum absolute atomic E-state index is 11.7. The van der Waals surface area contributed by atoms with Crippen LogP contribution in [0.3, 0.4) is 0 Å². The molecule has 0 amide bonds. The Morgan fingerprint density at radius 3 is 1.96 bits per heavy atom. The van der Waals surface area contributed by atoms with Gasteiger partial charge in [-0.05, 0) is 22.4 Å². The highest BCUT2D eigenvalue weighted by molar-refractivity contribution is 6.06. The highest BCUT2D eigenvalue weighted by Crippen LogP contribution is 2.16. The molecule has 0 aromatic heterocycles. The number of ketones is 1. The van der Waals surface area contributed by atoms with Crippen LogP contribution in [-0.2, 0) is 0 Å². The fraction of sp³-hybridized carbons (Fsp3) is 0. The third-order valence-corrected chi connectivity index (χ3v) is 4.24. The molecule has 28 heavy (non-hydrogen) atoms. The quantitative estimate of drug-likeness (QED) is 0.244. The number of aldehydes is 1. The van der Waals surface area contributed by atoms with Crippen LogP contribution in [0.4, 0.5) is 0 Å². The second-order valence-corrected chi connectivity index (χ2v) is 6.16. The number of carbonyl (C=O) groups is 2. The number of carbonyl (C=O) groups excluding carboxylic acids is 2. The van der Waals surface area contributed by atoms with E-state index in [4.69, 9.17) is 0 Å². The minimum absolute atomic E-state index is 0.0319. The van der Waals surface area contributed by atoms with Crippen molar-refractivity contribution in [1.82, 2.24) is 0 Å². The van der Waals surface area contributed by atoms with Crippen molar-refractivity contribution >= 4 is 28.9 Å². The van der Waals surface area contributed by atoms with Crippen LogP contribution < -0.4 is 0 Å². The Hall–Kier alpha value is -3.78. The summed E-state index contributed by atoms with van der Waals surface area (Å²) < 4.78 is 0. The van der Waals surface area contributed by atoms with Crippen LogP contribution in [0.15, 0.2) is 109 Å². The van der Waals surface area contributed by atoms with E-state index < -0.39 is 0 Å². The van der Waals surface area contributed by atoms with Gasteiger partial charge in [-0.25, -0.2) is 0 Å². The zero-order valence-corrected chi connectivity index (χ0v) is 15.4. The van der Waals surface area contributed by atoms with Crippen molar-refractivity contribution < 1.29 is 9.59 Å². The molecule has 136 valence electrons. The second-order valence-electron chi connectivity index (χ2n) is 6.16. The number of allylic oxidation sites excluding steroid dienone is 1. The molecule has 2 heteroatoms. The smallest absolute Gasteiger partial charge is 0.185 e. The molecule has 0 saturated carbocycles. The molecule has 4 aromatic rings. The fourth-order valence-electron chi connectivity index (χ4n) is 2.79. The van der Waals surface area contributed by atoms with E-state index in [9.17, 15) is 9.59 Å². The van der Waals surface area contributed by atoms with Gasteiger partial charge in [-0.1, -0.05) is 109 Å². The first kappa shape index (κ1) is 19.0. The van der Waals surface area contributed by atoms with E-state index in [1.807, 2.05) is 109 Å². The van der Waals surface area contributed by atoms with Crippen LogP contribution in [0.2, 0.25) is 0 Å². The lowest BCUT2D eigenvalue weighted by molar-refractivity contribution is 0.104. The Balaban J connectivity index is 0.000000167. The predicted octanol–water partition coefficient (Wildman–Crippen LogP) is 6.24. The molecule has 2 nitrogen and oxygen atoms in total. The summed E-state index contributed by atoms with van der Waals surface area (Å²) in [6.45, 7) is 0. The van der Waals surface area contributed by atoms with Crippen molar-refractivity contribution in [1.29, 1.82) is 0 Å². The molecule has 0 unspecified atom stereocenters. The van der Waals surface area contributed by atoms with Crippen molar-refractivity contribution in [2.45, 2.75) is 0 Å². The molecule has 0 radical (unpaired) electrons. The van der Waals surface area contributed by atoms with Gasteiger partial charge in [0.2, 0.25) is 0 Å². The van der Waals surface area contributed by atoms with Crippen LogP contribution in [0.1, 0.15) is 26.3 Å². The number of hydrogen-bond donors (Lipinski definition) is 0. The first-order valence-electron chi connectivity index (χ1n) is 9.03. The second kappa shape index (κ2) is 9.79. The van der Waals surface area contributed by atoms with Gasteiger partial charge in [0.1, 0.15) is 0 Å². The van der Waals surface area contributed by atoms with Gasteiger partial charge in [-0.2, -0.15) is 0 Å². The molecule has 0 heterocycles. The van der Waals surface area contributed by atoms with Gasteiger partial charge < -0.3 is 0 Å². The predicted molar refractivity (Wildman–Crippen MR) is 116 cm³/mol. The van der Waals surface area contributed by atoms with Crippen LogP contribution >= 0.6 is 0 Å².